The standard InChI is InChI=1S/C31H23N3O4/c35-28-12-6-11-27-24(28)18-25(31(37)34(27)21-7-2-1-3-8-21)29(36)17-20-13-15-22(16-14-20)38-30-23-9-4-5-10-26(23)32-19-33-30/h1-5,7-10,13-16,18-19H,6,11-12,17H2. The van der Waals surface area contributed by atoms with Crippen LogP contribution in [0.25, 0.3) is 16.6 Å². The zero-order valence-corrected chi connectivity index (χ0v) is 20.5. The number of ether oxygens (including phenoxy) is 1. The number of pyridine rings is 1. The van der Waals surface area contributed by atoms with Crippen molar-refractivity contribution >= 4 is 22.5 Å². The minimum absolute atomic E-state index is 0.0216. The maximum Gasteiger partial charge on any atom is 0.266 e. The van der Waals surface area contributed by atoms with Crippen LogP contribution in [-0.2, 0) is 12.8 Å². The molecule has 0 unspecified atom stereocenters. The number of hydrogen-bond acceptors (Lipinski definition) is 6. The number of hydrogen-bond donors (Lipinski definition) is 0. The Morgan fingerprint density at radius 3 is 2.45 bits per heavy atom. The van der Waals surface area contributed by atoms with Crippen molar-refractivity contribution in [2.75, 3.05) is 0 Å². The molecule has 0 atom stereocenters. The summed E-state index contributed by atoms with van der Waals surface area (Å²) in [6.07, 6.45) is 3.19. The molecule has 7 nitrogen and oxygen atoms in total. The van der Waals surface area contributed by atoms with E-state index in [1.165, 1.54) is 17.0 Å². The maximum absolute atomic E-state index is 13.5. The molecule has 2 aromatic heterocycles. The van der Waals surface area contributed by atoms with Gasteiger partial charge >= 0.3 is 0 Å². The van der Waals surface area contributed by atoms with Gasteiger partial charge in [0, 0.05) is 29.8 Å². The summed E-state index contributed by atoms with van der Waals surface area (Å²) in [4.78, 5) is 48.1. The third-order valence-electron chi connectivity index (χ3n) is 6.74. The third kappa shape index (κ3) is 4.39. The second kappa shape index (κ2) is 9.86. The first-order valence-corrected chi connectivity index (χ1v) is 12.5. The van der Waals surface area contributed by atoms with Gasteiger partial charge in [-0.3, -0.25) is 19.0 Å². The lowest BCUT2D eigenvalue weighted by Crippen LogP contribution is -2.32. The van der Waals surface area contributed by atoms with Gasteiger partial charge in [-0.05, 0) is 60.9 Å². The fraction of sp³-hybridized carbons (Fsp3) is 0.129. The summed E-state index contributed by atoms with van der Waals surface area (Å²) in [5.41, 5.74) is 2.92. The van der Waals surface area contributed by atoms with Crippen LogP contribution in [0.1, 0.15) is 44.8 Å². The molecule has 3 aromatic carbocycles. The number of para-hydroxylation sites is 2. The average Bonchev–Trinajstić information content (AvgIpc) is 2.95. The van der Waals surface area contributed by atoms with Crippen molar-refractivity contribution in [2.45, 2.75) is 25.7 Å². The number of carbonyl (C=O) groups is 2. The Morgan fingerprint density at radius 1 is 0.868 bits per heavy atom. The summed E-state index contributed by atoms with van der Waals surface area (Å²) in [7, 11) is 0. The zero-order chi connectivity index (χ0) is 26.1. The highest BCUT2D eigenvalue weighted by Gasteiger charge is 2.26. The summed E-state index contributed by atoms with van der Waals surface area (Å²) in [5, 5.41) is 0.797. The molecule has 6 rings (SSSR count). The Kier molecular flexibility index (Phi) is 6.09. The van der Waals surface area contributed by atoms with E-state index in [1.807, 2.05) is 54.6 Å². The van der Waals surface area contributed by atoms with E-state index in [4.69, 9.17) is 4.74 Å². The van der Waals surface area contributed by atoms with Gasteiger partial charge in [0.25, 0.3) is 5.56 Å². The zero-order valence-electron chi connectivity index (χ0n) is 20.5. The molecule has 38 heavy (non-hydrogen) atoms. The van der Waals surface area contributed by atoms with E-state index in [0.717, 1.165) is 16.5 Å². The molecule has 0 bridgehead atoms. The molecule has 0 fully saturated rings. The van der Waals surface area contributed by atoms with Crippen molar-refractivity contribution in [3.63, 3.8) is 0 Å². The molecule has 1 aliphatic carbocycles. The van der Waals surface area contributed by atoms with Gasteiger partial charge < -0.3 is 4.74 Å². The Morgan fingerprint density at radius 2 is 1.63 bits per heavy atom. The molecule has 7 heteroatoms. The van der Waals surface area contributed by atoms with Gasteiger partial charge in [0.1, 0.15) is 12.1 Å². The molecule has 0 amide bonds. The lowest BCUT2D eigenvalue weighted by atomic mass is 9.91. The molecule has 0 radical (unpaired) electrons. The van der Waals surface area contributed by atoms with E-state index in [1.54, 1.807) is 24.3 Å². The molecule has 0 N–H and O–H groups in total. The second-order valence-electron chi connectivity index (χ2n) is 9.21. The summed E-state index contributed by atoms with van der Waals surface area (Å²) >= 11 is 0. The number of nitrogens with zero attached hydrogens (tertiary/aromatic N) is 3. The minimum Gasteiger partial charge on any atom is -0.438 e. The van der Waals surface area contributed by atoms with E-state index < -0.39 is 5.56 Å². The normalized spacial score (nSPS) is 12.8. The number of aromatic nitrogens is 3. The van der Waals surface area contributed by atoms with Crippen LogP contribution in [0.3, 0.4) is 0 Å². The SMILES string of the molecule is O=C1CCCc2c1cc(C(=O)Cc1ccc(Oc3ncnc4ccccc34)cc1)c(=O)n2-c1ccccc1. The van der Waals surface area contributed by atoms with Gasteiger partial charge in [-0.1, -0.05) is 42.5 Å². The lowest BCUT2D eigenvalue weighted by Gasteiger charge is -2.21. The van der Waals surface area contributed by atoms with Gasteiger partial charge in [0.05, 0.1) is 16.5 Å². The number of fused-ring (bicyclic) bond motifs is 2. The van der Waals surface area contributed by atoms with Crippen LogP contribution < -0.4 is 10.3 Å². The predicted octanol–water partition coefficient (Wildman–Crippen LogP) is 5.52. The summed E-state index contributed by atoms with van der Waals surface area (Å²) in [6, 6.07) is 25.3. The van der Waals surface area contributed by atoms with Crippen LogP contribution >= 0.6 is 0 Å². The van der Waals surface area contributed by atoms with Crippen molar-refractivity contribution in [3.8, 4) is 17.3 Å². The van der Waals surface area contributed by atoms with Gasteiger partial charge in [-0.25, -0.2) is 9.97 Å². The summed E-state index contributed by atoms with van der Waals surface area (Å²) in [5.74, 6) is 0.635. The molecule has 2 heterocycles. The van der Waals surface area contributed by atoms with Gasteiger partial charge in [-0.2, -0.15) is 0 Å². The number of Topliss-reactive ketones (excluding diaryl/α,β-unsaturated/α-hetero) is 2. The maximum atomic E-state index is 13.5. The van der Waals surface area contributed by atoms with Crippen LogP contribution in [0.5, 0.6) is 11.6 Å². The minimum atomic E-state index is -0.398. The molecular formula is C31H23N3O4. The van der Waals surface area contributed by atoms with Crippen molar-refractivity contribution in [3.05, 3.63) is 124 Å². The highest BCUT2D eigenvalue weighted by molar-refractivity contribution is 6.03. The van der Waals surface area contributed by atoms with E-state index in [0.29, 0.717) is 47.8 Å². The van der Waals surface area contributed by atoms with Crippen LogP contribution in [0, 0.1) is 0 Å². The van der Waals surface area contributed by atoms with E-state index >= 15 is 0 Å². The fourth-order valence-electron chi connectivity index (χ4n) is 4.87. The third-order valence-corrected chi connectivity index (χ3v) is 6.74. The van der Waals surface area contributed by atoms with Crippen LogP contribution in [0.15, 0.2) is 96.1 Å². The Bertz CT molecular complexity index is 1740. The largest absolute Gasteiger partial charge is 0.438 e. The first kappa shape index (κ1) is 23.5. The molecule has 0 aliphatic heterocycles. The molecule has 5 aromatic rings. The monoisotopic (exact) mass is 501 g/mol. The van der Waals surface area contributed by atoms with Gasteiger partial charge in [-0.15, -0.1) is 0 Å². The van der Waals surface area contributed by atoms with Crippen LogP contribution in [-0.4, -0.2) is 26.1 Å². The average molecular weight is 502 g/mol. The summed E-state index contributed by atoms with van der Waals surface area (Å²) in [6.45, 7) is 0. The fourth-order valence-corrected chi connectivity index (χ4v) is 4.87. The first-order valence-electron chi connectivity index (χ1n) is 12.5. The van der Waals surface area contributed by atoms with Crippen molar-refractivity contribution < 1.29 is 14.3 Å². The topological polar surface area (TPSA) is 91.2 Å². The lowest BCUT2D eigenvalue weighted by molar-refractivity contribution is 0.0971. The number of rotatable bonds is 6. The van der Waals surface area contributed by atoms with Crippen molar-refractivity contribution in [2.24, 2.45) is 0 Å². The second-order valence-corrected chi connectivity index (χ2v) is 9.21. The molecule has 1 aliphatic rings. The van der Waals surface area contributed by atoms with E-state index in [9.17, 15) is 14.4 Å². The highest BCUT2D eigenvalue weighted by Crippen LogP contribution is 2.27. The Labute approximate surface area is 218 Å². The Balaban J connectivity index is 1.29. The molecule has 0 saturated heterocycles. The predicted molar refractivity (Wildman–Crippen MR) is 143 cm³/mol. The number of ketones is 2. The van der Waals surface area contributed by atoms with Crippen molar-refractivity contribution in [1.82, 2.24) is 14.5 Å². The summed E-state index contributed by atoms with van der Waals surface area (Å²) < 4.78 is 7.50. The van der Waals surface area contributed by atoms with Gasteiger partial charge in [0.15, 0.2) is 11.6 Å². The van der Waals surface area contributed by atoms with E-state index in [-0.39, 0.29) is 23.6 Å². The van der Waals surface area contributed by atoms with Gasteiger partial charge in [0.2, 0.25) is 5.88 Å². The van der Waals surface area contributed by atoms with E-state index in [2.05, 4.69) is 9.97 Å². The van der Waals surface area contributed by atoms with Crippen molar-refractivity contribution in [1.29, 1.82) is 0 Å². The number of carbonyl (C=O) groups excluding carboxylic acids is 2. The molecule has 0 saturated carbocycles. The smallest absolute Gasteiger partial charge is 0.266 e. The number of benzene rings is 3. The molecule has 0 spiro atoms. The highest BCUT2D eigenvalue weighted by atomic mass is 16.5. The quantitative estimate of drug-likeness (QED) is 0.285. The van der Waals surface area contributed by atoms with Crippen LogP contribution in [0.2, 0.25) is 0 Å². The van der Waals surface area contributed by atoms with Crippen LogP contribution in [0.4, 0.5) is 0 Å². The molecule has 186 valence electrons. The first-order chi connectivity index (χ1) is 18.6. The Hall–Kier alpha value is -4.91. The molecular weight excluding hydrogens is 478 g/mol.